The summed E-state index contributed by atoms with van der Waals surface area (Å²) in [6.07, 6.45) is 46.8. The summed E-state index contributed by atoms with van der Waals surface area (Å²) >= 11 is 0. The second-order valence-corrected chi connectivity index (χ2v) is 15.0. The molecule has 0 aromatic heterocycles. The molecule has 0 radical (unpaired) electrons. The zero-order chi connectivity index (χ0) is 34.6. The van der Waals surface area contributed by atoms with E-state index in [4.69, 9.17) is 11.5 Å². The lowest BCUT2D eigenvalue weighted by Crippen LogP contribution is -2.21. The molecule has 278 valence electrons. The van der Waals surface area contributed by atoms with E-state index in [-0.39, 0.29) is 17.7 Å². The molecule has 0 bridgehead atoms. The van der Waals surface area contributed by atoms with Crippen molar-refractivity contribution in [2.24, 2.45) is 11.5 Å². The maximum atomic E-state index is 11.8. The van der Waals surface area contributed by atoms with Crippen LogP contribution in [0, 0.1) is 0 Å². The summed E-state index contributed by atoms with van der Waals surface area (Å²) in [6.45, 7) is 0. The molecule has 1 aromatic rings. The van der Waals surface area contributed by atoms with Gasteiger partial charge in [0, 0.05) is 6.42 Å². The van der Waals surface area contributed by atoms with E-state index in [1.54, 1.807) is 0 Å². The molecule has 0 aliphatic carbocycles. The summed E-state index contributed by atoms with van der Waals surface area (Å²) in [4.78, 5) is 22.6. The minimum absolute atomic E-state index is 0.126. The molecule has 2 amide bonds. The Morgan fingerprint density at radius 3 is 0.875 bits per heavy atom. The van der Waals surface area contributed by atoms with Gasteiger partial charge < -0.3 is 11.5 Å². The normalized spacial score (nSPS) is 12.0. The summed E-state index contributed by atoms with van der Waals surface area (Å²) in [5.41, 5.74) is 11.9. The van der Waals surface area contributed by atoms with E-state index in [2.05, 4.69) is 0 Å². The van der Waals surface area contributed by atoms with Crippen molar-refractivity contribution in [3.05, 3.63) is 35.9 Å². The first kappa shape index (κ1) is 44.2. The molecule has 1 aromatic carbocycles. The zero-order valence-electron chi connectivity index (χ0n) is 31.7. The van der Waals surface area contributed by atoms with Crippen LogP contribution >= 0.6 is 0 Å². The predicted molar refractivity (Wildman–Crippen MR) is 209 cm³/mol. The van der Waals surface area contributed by atoms with Crippen molar-refractivity contribution in [1.82, 2.24) is 0 Å². The third-order valence-electron chi connectivity index (χ3n) is 10.5. The Hall–Kier alpha value is -1.84. The summed E-state index contributed by atoms with van der Waals surface area (Å²) in [5, 5.41) is 0. The van der Waals surface area contributed by atoms with Gasteiger partial charge in [0.05, 0.1) is 5.92 Å². The first-order chi connectivity index (χ1) is 23.6. The van der Waals surface area contributed by atoms with Gasteiger partial charge in [-0.05, 0) is 18.4 Å². The number of primary amides is 2. The van der Waals surface area contributed by atoms with Gasteiger partial charge in [-0.25, -0.2) is 0 Å². The van der Waals surface area contributed by atoms with E-state index in [9.17, 15) is 9.59 Å². The van der Waals surface area contributed by atoms with Gasteiger partial charge in [0.1, 0.15) is 0 Å². The summed E-state index contributed by atoms with van der Waals surface area (Å²) in [6, 6.07) is 10.0. The van der Waals surface area contributed by atoms with E-state index in [0.717, 1.165) is 31.2 Å². The first-order valence-electron chi connectivity index (χ1n) is 21.2. The largest absolute Gasteiger partial charge is 0.370 e. The van der Waals surface area contributed by atoms with Gasteiger partial charge in [-0.3, -0.25) is 9.59 Å². The molecule has 0 heterocycles. The number of nitrogens with two attached hydrogens (primary N) is 2. The van der Waals surface area contributed by atoms with Crippen LogP contribution in [0.2, 0.25) is 0 Å². The maximum Gasteiger partial charge on any atom is 0.224 e. The monoisotopic (exact) mass is 669 g/mol. The van der Waals surface area contributed by atoms with Crippen LogP contribution in [0.4, 0.5) is 0 Å². The van der Waals surface area contributed by atoms with Crippen molar-refractivity contribution < 1.29 is 9.59 Å². The highest BCUT2D eigenvalue weighted by Gasteiger charge is 2.16. The Balaban J connectivity index is 1.68. The SMILES string of the molecule is NC(=O)CCCCCCCCCCCCCCCCCCCCCCCCCCCCCCCCCCCC(C(N)=O)c1ccccc1. The fourth-order valence-electron chi connectivity index (χ4n) is 7.29. The minimum Gasteiger partial charge on any atom is -0.370 e. The Morgan fingerprint density at radius 2 is 0.625 bits per heavy atom. The molecule has 1 rings (SSSR count). The third kappa shape index (κ3) is 30.2. The number of carbonyl (C=O) groups is 2. The molecule has 0 aliphatic rings. The van der Waals surface area contributed by atoms with Crippen LogP contribution in [0.15, 0.2) is 30.3 Å². The second-order valence-electron chi connectivity index (χ2n) is 15.0. The molecule has 0 fully saturated rings. The number of benzene rings is 1. The lowest BCUT2D eigenvalue weighted by molar-refractivity contribution is -0.120. The van der Waals surface area contributed by atoms with E-state index in [0.29, 0.717) is 6.42 Å². The minimum atomic E-state index is -0.188. The van der Waals surface area contributed by atoms with E-state index in [1.807, 2.05) is 30.3 Å². The van der Waals surface area contributed by atoms with Crippen molar-refractivity contribution in [2.45, 2.75) is 231 Å². The number of unbranched alkanes of at least 4 members (excludes halogenated alkanes) is 32. The van der Waals surface area contributed by atoms with Crippen LogP contribution < -0.4 is 11.5 Å². The molecule has 4 nitrogen and oxygen atoms in total. The summed E-state index contributed by atoms with van der Waals surface area (Å²) < 4.78 is 0. The molecular formula is C44H80N2O2. The van der Waals surface area contributed by atoms with E-state index >= 15 is 0 Å². The molecule has 0 saturated carbocycles. The van der Waals surface area contributed by atoms with Gasteiger partial charge in [0.25, 0.3) is 0 Å². The van der Waals surface area contributed by atoms with Crippen molar-refractivity contribution >= 4 is 11.8 Å². The van der Waals surface area contributed by atoms with Gasteiger partial charge in [-0.1, -0.05) is 236 Å². The Kier molecular flexibility index (Phi) is 32.2. The van der Waals surface area contributed by atoms with Crippen LogP contribution in [0.1, 0.15) is 236 Å². The lowest BCUT2D eigenvalue weighted by atomic mass is 9.92. The van der Waals surface area contributed by atoms with Crippen LogP contribution in [-0.2, 0) is 9.59 Å². The van der Waals surface area contributed by atoms with Gasteiger partial charge >= 0.3 is 0 Å². The molecular weight excluding hydrogens is 588 g/mol. The van der Waals surface area contributed by atoms with Crippen LogP contribution in [-0.4, -0.2) is 11.8 Å². The highest BCUT2D eigenvalue weighted by Crippen LogP contribution is 2.23. The fraction of sp³-hybridized carbons (Fsp3) is 0.818. The topological polar surface area (TPSA) is 86.2 Å². The molecule has 4 heteroatoms. The average molecular weight is 669 g/mol. The smallest absolute Gasteiger partial charge is 0.224 e. The molecule has 48 heavy (non-hydrogen) atoms. The van der Waals surface area contributed by atoms with Crippen molar-refractivity contribution in [3.8, 4) is 0 Å². The Labute approximate surface area is 298 Å². The summed E-state index contributed by atoms with van der Waals surface area (Å²) in [5.74, 6) is -0.467. The highest BCUT2D eigenvalue weighted by atomic mass is 16.1. The highest BCUT2D eigenvalue weighted by molar-refractivity contribution is 5.81. The molecule has 0 saturated heterocycles. The molecule has 1 atom stereocenters. The first-order valence-corrected chi connectivity index (χ1v) is 21.2. The zero-order valence-corrected chi connectivity index (χ0v) is 31.7. The Bertz CT molecular complexity index is 826. The molecule has 1 unspecified atom stereocenters. The van der Waals surface area contributed by atoms with E-state index < -0.39 is 0 Å². The van der Waals surface area contributed by atoms with Gasteiger partial charge in [0.2, 0.25) is 11.8 Å². The molecule has 0 spiro atoms. The lowest BCUT2D eigenvalue weighted by Gasteiger charge is -2.13. The van der Waals surface area contributed by atoms with Crippen LogP contribution in [0.3, 0.4) is 0 Å². The molecule has 0 aliphatic heterocycles. The fourth-order valence-corrected chi connectivity index (χ4v) is 7.29. The van der Waals surface area contributed by atoms with E-state index in [1.165, 1.54) is 193 Å². The quantitative estimate of drug-likeness (QED) is 0.0687. The van der Waals surface area contributed by atoms with Gasteiger partial charge in [0.15, 0.2) is 0 Å². The van der Waals surface area contributed by atoms with Crippen LogP contribution in [0.5, 0.6) is 0 Å². The maximum absolute atomic E-state index is 11.8. The number of hydrogen-bond acceptors (Lipinski definition) is 2. The van der Waals surface area contributed by atoms with Crippen LogP contribution in [0.25, 0.3) is 0 Å². The number of hydrogen-bond donors (Lipinski definition) is 2. The summed E-state index contributed by atoms with van der Waals surface area (Å²) in [7, 11) is 0. The standard InChI is InChI=1S/C44H80N2O2/c45-43(47)40-36-31-29-27-25-23-21-19-17-15-13-11-9-7-5-3-1-2-4-6-8-10-12-14-16-18-20-22-24-26-28-30-35-39-42(44(46)48)41-37-33-32-34-38-41/h32-34,37-38,42H,1-31,35-36,39-40H2,(H2,45,47)(H2,46,48). The Morgan fingerprint density at radius 1 is 0.375 bits per heavy atom. The predicted octanol–water partition coefficient (Wildman–Crippen LogP) is 13.4. The number of rotatable bonds is 38. The molecule has 4 N–H and O–H groups in total. The average Bonchev–Trinajstić information content (AvgIpc) is 3.08. The van der Waals surface area contributed by atoms with Crippen molar-refractivity contribution in [1.29, 1.82) is 0 Å². The van der Waals surface area contributed by atoms with Crippen molar-refractivity contribution in [2.75, 3.05) is 0 Å². The third-order valence-corrected chi connectivity index (χ3v) is 10.5. The van der Waals surface area contributed by atoms with Crippen molar-refractivity contribution in [3.63, 3.8) is 0 Å². The number of amides is 2. The number of carbonyl (C=O) groups excluding carboxylic acids is 2. The second kappa shape index (κ2) is 35.0. The van der Waals surface area contributed by atoms with Gasteiger partial charge in [-0.15, -0.1) is 0 Å². The van der Waals surface area contributed by atoms with Gasteiger partial charge in [-0.2, -0.15) is 0 Å².